The molecule has 0 spiro atoms. The maximum absolute atomic E-state index is 13.3. The highest BCUT2D eigenvalue weighted by Crippen LogP contribution is 2.28. The van der Waals surface area contributed by atoms with Crippen LogP contribution >= 0.6 is 11.6 Å². The summed E-state index contributed by atoms with van der Waals surface area (Å²) in [7, 11) is 0. The summed E-state index contributed by atoms with van der Waals surface area (Å²) >= 11 is 6.06. The lowest BCUT2D eigenvalue weighted by molar-refractivity contribution is 0.340. The van der Waals surface area contributed by atoms with Crippen LogP contribution in [0.25, 0.3) is 0 Å². The van der Waals surface area contributed by atoms with E-state index >= 15 is 0 Å². The van der Waals surface area contributed by atoms with Crippen molar-refractivity contribution in [2.45, 2.75) is 13.0 Å². The molecule has 0 saturated heterocycles. The minimum Gasteiger partial charge on any atom is -0.494 e. The second-order valence-corrected chi connectivity index (χ2v) is 4.56. The van der Waals surface area contributed by atoms with Gasteiger partial charge in [-0.15, -0.1) is 0 Å². The maximum Gasteiger partial charge on any atom is 0.123 e. The van der Waals surface area contributed by atoms with Crippen LogP contribution in [0, 0.1) is 5.82 Å². The Hall–Kier alpha value is -1.58. The Morgan fingerprint density at radius 3 is 2.79 bits per heavy atom. The lowest BCUT2D eigenvalue weighted by atomic mass is 9.99. The van der Waals surface area contributed by atoms with Gasteiger partial charge in [-0.1, -0.05) is 23.7 Å². The Morgan fingerprint density at radius 2 is 2.05 bits per heavy atom. The van der Waals surface area contributed by atoms with Crippen molar-refractivity contribution in [2.75, 3.05) is 6.61 Å². The van der Waals surface area contributed by atoms with Crippen molar-refractivity contribution >= 4 is 11.6 Å². The largest absolute Gasteiger partial charge is 0.494 e. The number of nitrogens with two attached hydrogens (primary N) is 1. The zero-order valence-corrected chi connectivity index (χ0v) is 11.3. The van der Waals surface area contributed by atoms with Crippen LogP contribution in [0.3, 0.4) is 0 Å². The van der Waals surface area contributed by atoms with E-state index in [1.165, 1.54) is 18.2 Å². The van der Waals surface area contributed by atoms with Gasteiger partial charge in [-0.2, -0.15) is 0 Å². The third kappa shape index (κ3) is 3.25. The van der Waals surface area contributed by atoms with Crippen molar-refractivity contribution in [3.8, 4) is 5.75 Å². The van der Waals surface area contributed by atoms with Gasteiger partial charge in [0.15, 0.2) is 0 Å². The van der Waals surface area contributed by atoms with Gasteiger partial charge in [0.05, 0.1) is 12.6 Å². The molecule has 4 heteroatoms. The van der Waals surface area contributed by atoms with Crippen LogP contribution in [0.4, 0.5) is 4.39 Å². The third-order valence-corrected chi connectivity index (χ3v) is 3.17. The molecule has 2 nitrogen and oxygen atoms in total. The van der Waals surface area contributed by atoms with Gasteiger partial charge >= 0.3 is 0 Å². The second-order valence-electron chi connectivity index (χ2n) is 4.15. The summed E-state index contributed by atoms with van der Waals surface area (Å²) in [6, 6.07) is 11.1. The van der Waals surface area contributed by atoms with Crippen molar-refractivity contribution in [1.82, 2.24) is 0 Å². The topological polar surface area (TPSA) is 35.2 Å². The first-order valence-corrected chi connectivity index (χ1v) is 6.43. The smallest absolute Gasteiger partial charge is 0.123 e. The average Bonchev–Trinajstić information content (AvgIpc) is 2.41. The number of halogens is 2. The molecular formula is C15H15ClFNO. The maximum atomic E-state index is 13.3. The first-order chi connectivity index (χ1) is 9.11. The molecule has 2 aromatic rings. The summed E-state index contributed by atoms with van der Waals surface area (Å²) in [5, 5.41) is 0.454. The summed E-state index contributed by atoms with van der Waals surface area (Å²) in [5.41, 5.74) is 7.54. The highest BCUT2D eigenvalue weighted by molar-refractivity contribution is 6.31. The SMILES string of the molecule is CCOc1cccc(C(N)c2cc(F)ccc2Cl)c1. The van der Waals surface area contributed by atoms with Gasteiger partial charge in [-0.25, -0.2) is 4.39 Å². The van der Waals surface area contributed by atoms with Crippen LogP contribution in [-0.2, 0) is 0 Å². The second kappa shape index (κ2) is 6.04. The van der Waals surface area contributed by atoms with Crippen LogP contribution in [0.15, 0.2) is 42.5 Å². The van der Waals surface area contributed by atoms with Gasteiger partial charge in [-0.05, 0) is 48.4 Å². The monoisotopic (exact) mass is 279 g/mol. The molecule has 0 aliphatic heterocycles. The Bertz CT molecular complexity index is 574. The Morgan fingerprint density at radius 1 is 1.26 bits per heavy atom. The molecule has 0 amide bonds. The molecule has 100 valence electrons. The van der Waals surface area contributed by atoms with Gasteiger partial charge in [-0.3, -0.25) is 0 Å². The fourth-order valence-corrected chi connectivity index (χ4v) is 2.13. The van der Waals surface area contributed by atoms with Crippen molar-refractivity contribution < 1.29 is 9.13 Å². The number of benzene rings is 2. The molecule has 1 unspecified atom stereocenters. The normalized spacial score (nSPS) is 12.2. The molecule has 0 aliphatic rings. The number of rotatable bonds is 4. The lowest BCUT2D eigenvalue weighted by Gasteiger charge is -2.15. The fourth-order valence-electron chi connectivity index (χ4n) is 1.90. The predicted octanol–water partition coefficient (Wildman–Crippen LogP) is 3.93. The van der Waals surface area contributed by atoms with E-state index in [-0.39, 0.29) is 5.82 Å². The molecular weight excluding hydrogens is 265 g/mol. The van der Waals surface area contributed by atoms with Gasteiger partial charge in [0.1, 0.15) is 11.6 Å². The quantitative estimate of drug-likeness (QED) is 0.920. The first-order valence-electron chi connectivity index (χ1n) is 6.05. The van der Waals surface area contributed by atoms with E-state index in [2.05, 4.69) is 0 Å². The van der Waals surface area contributed by atoms with Crippen molar-refractivity contribution in [1.29, 1.82) is 0 Å². The van der Waals surface area contributed by atoms with E-state index in [9.17, 15) is 4.39 Å². The standard InChI is InChI=1S/C15H15ClFNO/c1-2-19-12-5-3-4-10(8-12)15(18)13-9-11(17)6-7-14(13)16/h3-9,15H,2,18H2,1H3. The molecule has 0 radical (unpaired) electrons. The van der Waals surface area contributed by atoms with Crippen LogP contribution in [0.5, 0.6) is 5.75 Å². The molecule has 0 saturated carbocycles. The molecule has 0 aliphatic carbocycles. The van der Waals surface area contributed by atoms with E-state index in [0.29, 0.717) is 17.2 Å². The van der Waals surface area contributed by atoms with Gasteiger partial charge in [0, 0.05) is 5.02 Å². The van der Waals surface area contributed by atoms with E-state index < -0.39 is 6.04 Å². The van der Waals surface area contributed by atoms with Gasteiger partial charge in [0.2, 0.25) is 0 Å². The Labute approximate surface area is 117 Å². The molecule has 19 heavy (non-hydrogen) atoms. The van der Waals surface area contributed by atoms with E-state index in [4.69, 9.17) is 22.1 Å². The van der Waals surface area contributed by atoms with E-state index in [1.807, 2.05) is 31.2 Å². The molecule has 0 aromatic heterocycles. The lowest BCUT2D eigenvalue weighted by Crippen LogP contribution is -2.13. The van der Waals surface area contributed by atoms with Crippen molar-refractivity contribution in [2.24, 2.45) is 5.73 Å². The first kappa shape index (κ1) is 13.8. The zero-order chi connectivity index (χ0) is 13.8. The van der Waals surface area contributed by atoms with Crippen LogP contribution in [-0.4, -0.2) is 6.61 Å². The van der Waals surface area contributed by atoms with Crippen LogP contribution < -0.4 is 10.5 Å². The minimum absolute atomic E-state index is 0.351. The van der Waals surface area contributed by atoms with E-state index in [1.54, 1.807) is 0 Å². The number of hydrogen-bond donors (Lipinski definition) is 1. The fraction of sp³-hybridized carbons (Fsp3) is 0.200. The number of ether oxygens (including phenoxy) is 1. The van der Waals surface area contributed by atoms with Crippen LogP contribution in [0.2, 0.25) is 5.02 Å². The third-order valence-electron chi connectivity index (χ3n) is 2.82. The Kier molecular flexibility index (Phi) is 4.40. The van der Waals surface area contributed by atoms with E-state index in [0.717, 1.165) is 11.3 Å². The highest BCUT2D eigenvalue weighted by atomic mass is 35.5. The highest BCUT2D eigenvalue weighted by Gasteiger charge is 2.14. The van der Waals surface area contributed by atoms with Crippen molar-refractivity contribution in [3.05, 3.63) is 64.4 Å². The summed E-state index contributed by atoms with van der Waals surface area (Å²) in [6.07, 6.45) is 0. The van der Waals surface area contributed by atoms with Crippen molar-refractivity contribution in [3.63, 3.8) is 0 Å². The summed E-state index contributed by atoms with van der Waals surface area (Å²) in [5.74, 6) is 0.388. The molecule has 0 heterocycles. The summed E-state index contributed by atoms with van der Waals surface area (Å²) in [6.45, 7) is 2.50. The zero-order valence-electron chi connectivity index (χ0n) is 10.6. The number of hydrogen-bond acceptors (Lipinski definition) is 2. The summed E-state index contributed by atoms with van der Waals surface area (Å²) < 4.78 is 18.7. The molecule has 2 aromatic carbocycles. The van der Waals surface area contributed by atoms with Gasteiger partial charge in [0.25, 0.3) is 0 Å². The minimum atomic E-state index is -0.483. The molecule has 2 rings (SSSR count). The van der Waals surface area contributed by atoms with Crippen LogP contribution in [0.1, 0.15) is 24.1 Å². The summed E-state index contributed by atoms with van der Waals surface area (Å²) in [4.78, 5) is 0. The molecule has 0 fully saturated rings. The predicted molar refractivity (Wildman–Crippen MR) is 75.1 cm³/mol. The average molecular weight is 280 g/mol. The Balaban J connectivity index is 2.35. The molecule has 1 atom stereocenters. The molecule has 0 bridgehead atoms. The molecule has 2 N–H and O–H groups in total. The van der Waals surface area contributed by atoms with Gasteiger partial charge < -0.3 is 10.5 Å².